The highest BCUT2D eigenvalue weighted by Crippen LogP contribution is 2.27. The number of sulfone groups is 1. The van der Waals surface area contributed by atoms with E-state index < -0.39 is 19.9 Å². The molecule has 0 amide bonds. The van der Waals surface area contributed by atoms with Crippen LogP contribution in [0.2, 0.25) is 0 Å². The summed E-state index contributed by atoms with van der Waals surface area (Å²) in [5.41, 5.74) is 0.719. The maximum Gasteiger partial charge on any atom is 0.240 e. The van der Waals surface area contributed by atoms with Crippen molar-refractivity contribution in [3.8, 4) is 5.75 Å². The van der Waals surface area contributed by atoms with Gasteiger partial charge in [-0.3, -0.25) is 0 Å². The minimum atomic E-state index is -3.71. The first kappa shape index (κ1) is 20.9. The lowest BCUT2D eigenvalue weighted by atomic mass is 10.2. The summed E-state index contributed by atoms with van der Waals surface area (Å²) in [5.74, 6) is 0.388. The van der Waals surface area contributed by atoms with Crippen LogP contribution in [0.15, 0.2) is 57.9 Å². The van der Waals surface area contributed by atoms with Crippen molar-refractivity contribution in [2.75, 3.05) is 19.4 Å². The summed E-state index contributed by atoms with van der Waals surface area (Å²) in [5, 5.41) is 0. The van der Waals surface area contributed by atoms with Crippen LogP contribution in [0.5, 0.6) is 5.75 Å². The van der Waals surface area contributed by atoms with E-state index in [4.69, 9.17) is 4.74 Å². The van der Waals surface area contributed by atoms with Crippen LogP contribution in [0.25, 0.3) is 0 Å². The van der Waals surface area contributed by atoms with Crippen LogP contribution in [-0.4, -0.2) is 36.2 Å². The minimum Gasteiger partial charge on any atom is -0.496 e. The summed E-state index contributed by atoms with van der Waals surface area (Å²) in [7, 11) is -5.52. The third-order valence-corrected chi connectivity index (χ3v) is 7.35. The van der Waals surface area contributed by atoms with Crippen molar-refractivity contribution in [2.24, 2.45) is 0 Å². The number of rotatable bonds is 9. The molecule has 0 fully saturated rings. The average molecular weight is 462 g/mol. The van der Waals surface area contributed by atoms with Crippen molar-refractivity contribution in [3.63, 3.8) is 0 Å². The molecule has 0 aromatic heterocycles. The van der Waals surface area contributed by atoms with Gasteiger partial charge in [0, 0.05) is 6.54 Å². The molecule has 0 aliphatic heterocycles. The maximum atomic E-state index is 12.3. The molecule has 142 valence electrons. The van der Waals surface area contributed by atoms with Crippen molar-refractivity contribution in [1.82, 2.24) is 4.72 Å². The Bertz CT molecular complexity index is 944. The van der Waals surface area contributed by atoms with Crippen molar-refractivity contribution >= 4 is 35.8 Å². The van der Waals surface area contributed by atoms with E-state index in [-0.39, 0.29) is 29.4 Å². The molecule has 0 heterocycles. The summed E-state index contributed by atoms with van der Waals surface area (Å²) in [6, 6.07) is 13.3. The van der Waals surface area contributed by atoms with Crippen LogP contribution >= 0.6 is 15.9 Å². The lowest BCUT2D eigenvalue weighted by Gasteiger charge is -2.09. The van der Waals surface area contributed by atoms with Crippen LogP contribution in [0.3, 0.4) is 0 Å². The lowest BCUT2D eigenvalue weighted by molar-refractivity contribution is 0.411. The van der Waals surface area contributed by atoms with Gasteiger partial charge in [0.05, 0.1) is 28.0 Å². The number of benzene rings is 2. The van der Waals surface area contributed by atoms with Crippen molar-refractivity contribution in [3.05, 3.63) is 58.6 Å². The van der Waals surface area contributed by atoms with Gasteiger partial charge in [-0.1, -0.05) is 30.3 Å². The number of nitrogens with one attached hydrogen (secondary N) is 1. The van der Waals surface area contributed by atoms with E-state index in [0.29, 0.717) is 10.2 Å². The molecule has 0 radical (unpaired) electrons. The Kier molecular flexibility index (Phi) is 7.22. The highest BCUT2D eigenvalue weighted by Gasteiger charge is 2.17. The molecular formula is C17H20BrNO5S2. The van der Waals surface area contributed by atoms with Crippen LogP contribution in [0, 0.1) is 0 Å². The first-order valence-electron chi connectivity index (χ1n) is 7.81. The molecule has 0 saturated heterocycles. The predicted octanol–water partition coefficient (Wildman–Crippen LogP) is 2.74. The zero-order valence-corrected chi connectivity index (χ0v) is 17.4. The summed E-state index contributed by atoms with van der Waals surface area (Å²) < 4.78 is 56.8. The van der Waals surface area contributed by atoms with Crippen LogP contribution in [0.1, 0.15) is 12.0 Å². The Balaban J connectivity index is 1.89. The van der Waals surface area contributed by atoms with E-state index in [9.17, 15) is 16.8 Å². The molecule has 2 aromatic carbocycles. The van der Waals surface area contributed by atoms with Gasteiger partial charge in [0.1, 0.15) is 5.75 Å². The standard InChI is InChI=1S/C17H20BrNO5S2/c1-24-17-9-8-15(12-16(17)18)26(22,23)19-10-5-11-25(20,21)13-14-6-3-2-4-7-14/h2-4,6-9,12,19H,5,10-11,13H2,1H3. The van der Waals surface area contributed by atoms with Gasteiger partial charge < -0.3 is 4.74 Å². The minimum absolute atomic E-state index is 0.0417. The summed E-state index contributed by atoms with van der Waals surface area (Å²) in [6.45, 7) is 0.0417. The summed E-state index contributed by atoms with van der Waals surface area (Å²) in [6.07, 6.45) is 0.200. The summed E-state index contributed by atoms with van der Waals surface area (Å²) >= 11 is 3.24. The van der Waals surface area contributed by atoms with E-state index in [2.05, 4.69) is 20.7 Å². The Morgan fingerprint density at radius 3 is 2.35 bits per heavy atom. The van der Waals surface area contributed by atoms with Crippen LogP contribution in [0.4, 0.5) is 0 Å². The normalized spacial score (nSPS) is 12.1. The zero-order chi connectivity index (χ0) is 19.2. The van der Waals surface area contributed by atoms with E-state index >= 15 is 0 Å². The number of hydrogen-bond acceptors (Lipinski definition) is 5. The predicted molar refractivity (Wildman–Crippen MR) is 104 cm³/mol. The van der Waals surface area contributed by atoms with Gasteiger partial charge in [-0.25, -0.2) is 21.6 Å². The van der Waals surface area contributed by atoms with Crippen molar-refractivity contribution < 1.29 is 21.6 Å². The van der Waals surface area contributed by atoms with E-state index in [1.54, 1.807) is 30.3 Å². The number of halogens is 1. The molecule has 1 N–H and O–H groups in total. The van der Waals surface area contributed by atoms with Gasteiger partial charge in [-0.2, -0.15) is 0 Å². The molecule has 0 atom stereocenters. The molecule has 6 nitrogen and oxygen atoms in total. The Labute approximate surface area is 162 Å². The third-order valence-electron chi connectivity index (χ3n) is 3.59. The third kappa shape index (κ3) is 6.08. The fraction of sp³-hybridized carbons (Fsp3) is 0.294. The highest BCUT2D eigenvalue weighted by atomic mass is 79.9. The van der Waals surface area contributed by atoms with E-state index in [0.717, 1.165) is 5.56 Å². The highest BCUT2D eigenvalue weighted by molar-refractivity contribution is 9.10. The van der Waals surface area contributed by atoms with Crippen LogP contribution in [-0.2, 0) is 25.6 Å². The Morgan fingerprint density at radius 1 is 1.04 bits per heavy atom. The molecule has 0 aliphatic rings. The average Bonchev–Trinajstić information content (AvgIpc) is 2.59. The number of hydrogen-bond donors (Lipinski definition) is 1. The van der Waals surface area contributed by atoms with Gasteiger partial charge in [-0.05, 0) is 46.1 Å². The molecule has 0 spiro atoms. The SMILES string of the molecule is COc1ccc(S(=O)(=O)NCCCS(=O)(=O)Cc2ccccc2)cc1Br. The second-order valence-electron chi connectivity index (χ2n) is 5.63. The molecule has 0 aliphatic carbocycles. The molecule has 26 heavy (non-hydrogen) atoms. The molecule has 2 rings (SSSR count). The summed E-state index contributed by atoms with van der Waals surface area (Å²) in [4.78, 5) is 0.0808. The monoisotopic (exact) mass is 461 g/mol. The van der Waals surface area contributed by atoms with Gasteiger partial charge >= 0.3 is 0 Å². The molecular weight excluding hydrogens is 442 g/mol. The van der Waals surface area contributed by atoms with Crippen LogP contribution < -0.4 is 9.46 Å². The largest absolute Gasteiger partial charge is 0.496 e. The fourth-order valence-electron chi connectivity index (χ4n) is 2.30. The van der Waals surface area contributed by atoms with E-state index in [1.165, 1.54) is 19.2 Å². The second kappa shape index (κ2) is 8.98. The molecule has 9 heteroatoms. The quantitative estimate of drug-likeness (QED) is 0.579. The number of ether oxygens (including phenoxy) is 1. The molecule has 0 unspecified atom stereocenters. The van der Waals surface area contributed by atoms with Gasteiger partial charge in [0.15, 0.2) is 9.84 Å². The van der Waals surface area contributed by atoms with Gasteiger partial charge in [0.2, 0.25) is 10.0 Å². The van der Waals surface area contributed by atoms with Gasteiger partial charge in [0.25, 0.3) is 0 Å². The molecule has 2 aromatic rings. The zero-order valence-electron chi connectivity index (χ0n) is 14.2. The second-order valence-corrected chi connectivity index (χ2v) is 10.4. The lowest BCUT2D eigenvalue weighted by Crippen LogP contribution is -2.26. The number of methoxy groups -OCH3 is 1. The number of sulfonamides is 1. The Morgan fingerprint density at radius 2 is 1.73 bits per heavy atom. The first-order valence-corrected chi connectivity index (χ1v) is 11.9. The molecule has 0 saturated carbocycles. The van der Waals surface area contributed by atoms with E-state index in [1.807, 2.05) is 6.07 Å². The smallest absolute Gasteiger partial charge is 0.240 e. The van der Waals surface area contributed by atoms with Gasteiger partial charge in [-0.15, -0.1) is 0 Å². The molecule has 0 bridgehead atoms. The Hall–Kier alpha value is -1.42. The topological polar surface area (TPSA) is 89.5 Å². The van der Waals surface area contributed by atoms with Crippen molar-refractivity contribution in [2.45, 2.75) is 17.1 Å². The van der Waals surface area contributed by atoms with Crippen molar-refractivity contribution in [1.29, 1.82) is 0 Å². The first-order chi connectivity index (χ1) is 12.2. The maximum absolute atomic E-state index is 12.3. The fourth-order valence-corrected chi connectivity index (χ4v) is 5.52.